The van der Waals surface area contributed by atoms with Crippen LogP contribution in [0.2, 0.25) is 0 Å². The van der Waals surface area contributed by atoms with Gasteiger partial charge >= 0.3 is 5.97 Å². The molecule has 4 rings (SSSR count). The van der Waals surface area contributed by atoms with Gasteiger partial charge in [-0.1, -0.05) is 30.3 Å². The van der Waals surface area contributed by atoms with Crippen LogP contribution in [0, 0.1) is 11.3 Å². The van der Waals surface area contributed by atoms with Crippen LogP contribution in [-0.2, 0) is 9.53 Å². The lowest BCUT2D eigenvalue weighted by molar-refractivity contribution is -0.107. The van der Waals surface area contributed by atoms with Crippen molar-refractivity contribution < 1.29 is 14.3 Å². The number of nitrogens with zero attached hydrogens (tertiary/aromatic N) is 3. The molecule has 1 aliphatic rings. The lowest BCUT2D eigenvalue weighted by atomic mass is 9.89. The van der Waals surface area contributed by atoms with Gasteiger partial charge in [0.15, 0.2) is 0 Å². The summed E-state index contributed by atoms with van der Waals surface area (Å²) in [6, 6.07) is 21.1. The highest BCUT2D eigenvalue weighted by Crippen LogP contribution is 2.36. The molecule has 0 saturated heterocycles. The summed E-state index contributed by atoms with van der Waals surface area (Å²) in [5.74, 6) is -0.467. The maximum absolute atomic E-state index is 12.3. The van der Waals surface area contributed by atoms with Crippen LogP contribution in [-0.4, -0.2) is 30.4 Å². The van der Waals surface area contributed by atoms with E-state index < -0.39 is 12.0 Å². The van der Waals surface area contributed by atoms with Crippen molar-refractivity contribution in [1.29, 1.82) is 5.26 Å². The molecule has 1 aliphatic heterocycles. The number of ether oxygens (including phenoxy) is 1. The number of rotatable bonds is 5. The lowest BCUT2D eigenvalue weighted by Gasteiger charge is -2.33. The highest BCUT2D eigenvalue weighted by molar-refractivity contribution is 5.99. The van der Waals surface area contributed by atoms with Crippen LogP contribution in [0.1, 0.15) is 27.2 Å². The number of anilines is 1. The Kier molecular flexibility index (Phi) is 5.91. The van der Waals surface area contributed by atoms with Gasteiger partial charge in [0.2, 0.25) is 0 Å². The van der Waals surface area contributed by atoms with Gasteiger partial charge in [-0.3, -0.25) is 4.98 Å². The number of carbonyl (C=O) groups is 2. The molecule has 32 heavy (non-hydrogen) atoms. The van der Waals surface area contributed by atoms with Crippen LogP contribution in [0.5, 0.6) is 0 Å². The molecule has 6 nitrogen and oxygen atoms in total. The minimum absolute atomic E-state index is 0.371. The first kappa shape index (κ1) is 20.8. The molecule has 0 radical (unpaired) electrons. The van der Waals surface area contributed by atoms with Gasteiger partial charge in [0.1, 0.15) is 12.3 Å². The highest BCUT2D eigenvalue weighted by atomic mass is 16.5. The molecule has 0 aliphatic carbocycles. The van der Waals surface area contributed by atoms with Gasteiger partial charge < -0.3 is 14.4 Å². The Morgan fingerprint density at radius 3 is 2.66 bits per heavy atom. The number of allylic oxidation sites excluding steroid dienone is 2. The SMILES string of the molecule is COC(=O)c1cccc(N2C=C(c3ccccn3)C=C(c3ccccc3C#N)C2C=O)c1. The maximum atomic E-state index is 12.3. The number of pyridine rings is 1. The summed E-state index contributed by atoms with van der Waals surface area (Å²) in [7, 11) is 1.32. The zero-order valence-corrected chi connectivity index (χ0v) is 17.3. The van der Waals surface area contributed by atoms with E-state index in [1.807, 2.05) is 48.7 Å². The number of benzene rings is 2. The Labute approximate surface area is 185 Å². The van der Waals surface area contributed by atoms with E-state index in [0.29, 0.717) is 28.0 Å². The minimum Gasteiger partial charge on any atom is -0.465 e. The summed E-state index contributed by atoms with van der Waals surface area (Å²) in [5.41, 5.74) is 4.31. The molecular weight excluding hydrogens is 402 g/mol. The molecule has 1 atom stereocenters. The molecular formula is C26H19N3O3. The minimum atomic E-state index is -0.704. The van der Waals surface area contributed by atoms with Crippen molar-refractivity contribution in [2.24, 2.45) is 0 Å². The molecule has 0 spiro atoms. The summed E-state index contributed by atoms with van der Waals surface area (Å²) in [4.78, 5) is 30.6. The Hall–Kier alpha value is -4.50. The van der Waals surface area contributed by atoms with Gasteiger partial charge in [0, 0.05) is 23.7 Å². The Bertz CT molecular complexity index is 1270. The molecule has 0 amide bonds. The first-order chi connectivity index (χ1) is 15.7. The molecule has 1 aromatic heterocycles. The van der Waals surface area contributed by atoms with Crippen LogP contribution >= 0.6 is 0 Å². The monoisotopic (exact) mass is 421 g/mol. The summed E-state index contributed by atoms with van der Waals surface area (Å²) >= 11 is 0. The number of methoxy groups -OCH3 is 1. The normalized spacial score (nSPS) is 15.2. The smallest absolute Gasteiger partial charge is 0.337 e. The fraction of sp³-hybridized carbons (Fsp3) is 0.0769. The Morgan fingerprint density at radius 2 is 1.94 bits per heavy atom. The second-order valence-corrected chi connectivity index (χ2v) is 7.09. The Balaban J connectivity index is 1.91. The van der Waals surface area contributed by atoms with Crippen LogP contribution in [0.25, 0.3) is 11.1 Å². The number of carbonyl (C=O) groups excluding carboxylic acids is 2. The van der Waals surface area contributed by atoms with Crippen molar-refractivity contribution in [3.63, 3.8) is 0 Å². The fourth-order valence-electron chi connectivity index (χ4n) is 3.70. The summed E-state index contributed by atoms with van der Waals surface area (Å²) in [6.07, 6.45) is 6.24. The van der Waals surface area contributed by atoms with Crippen molar-refractivity contribution in [2.45, 2.75) is 6.04 Å². The third-order valence-corrected chi connectivity index (χ3v) is 5.22. The molecule has 0 N–H and O–H groups in total. The zero-order chi connectivity index (χ0) is 22.5. The average Bonchev–Trinajstić information content (AvgIpc) is 2.87. The van der Waals surface area contributed by atoms with E-state index >= 15 is 0 Å². The molecule has 1 unspecified atom stereocenters. The zero-order valence-electron chi connectivity index (χ0n) is 17.3. The molecule has 0 saturated carbocycles. The first-order valence-corrected chi connectivity index (χ1v) is 9.92. The summed E-state index contributed by atoms with van der Waals surface area (Å²) < 4.78 is 4.84. The van der Waals surface area contributed by atoms with E-state index in [4.69, 9.17) is 4.74 Å². The van der Waals surface area contributed by atoms with Crippen molar-refractivity contribution >= 4 is 29.1 Å². The first-order valence-electron chi connectivity index (χ1n) is 9.92. The van der Waals surface area contributed by atoms with Gasteiger partial charge in [0.25, 0.3) is 0 Å². The third-order valence-electron chi connectivity index (χ3n) is 5.22. The van der Waals surface area contributed by atoms with Crippen LogP contribution in [0.4, 0.5) is 5.69 Å². The summed E-state index contributed by atoms with van der Waals surface area (Å²) in [5, 5.41) is 9.64. The van der Waals surface area contributed by atoms with Crippen molar-refractivity contribution in [1.82, 2.24) is 4.98 Å². The highest BCUT2D eigenvalue weighted by Gasteiger charge is 2.29. The number of aromatic nitrogens is 1. The number of aldehydes is 1. The lowest BCUT2D eigenvalue weighted by Crippen LogP contribution is -2.36. The largest absolute Gasteiger partial charge is 0.465 e. The topological polar surface area (TPSA) is 83.3 Å². The van der Waals surface area contributed by atoms with Crippen LogP contribution in [0.3, 0.4) is 0 Å². The third kappa shape index (κ3) is 3.92. The predicted octanol–water partition coefficient (Wildman–Crippen LogP) is 4.25. The standard InChI is InChI=1S/C26H19N3O3/c1-32-26(31)18-8-6-9-21(13-18)29-16-20(24-11-4-5-12-28-24)14-23(25(29)17-30)22-10-3-2-7-19(22)15-27/h2-14,16-17,25H,1H3. The van der Waals surface area contributed by atoms with E-state index in [2.05, 4.69) is 11.1 Å². The second-order valence-electron chi connectivity index (χ2n) is 7.09. The maximum Gasteiger partial charge on any atom is 0.337 e. The van der Waals surface area contributed by atoms with Crippen LogP contribution in [0.15, 0.2) is 85.2 Å². The molecule has 2 aromatic carbocycles. The van der Waals surface area contributed by atoms with E-state index in [1.165, 1.54) is 7.11 Å². The molecule has 156 valence electrons. The average molecular weight is 421 g/mol. The van der Waals surface area contributed by atoms with Gasteiger partial charge in [-0.15, -0.1) is 0 Å². The van der Waals surface area contributed by atoms with Gasteiger partial charge in [-0.05, 0) is 53.6 Å². The second kappa shape index (κ2) is 9.11. The van der Waals surface area contributed by atoms with Gasteiger partial charge in [0.05, 0.1) is 30.0 Å². The van der Waals surface area contributed by atoms with E-state index in [-0.39, 0.29) is 0 Å². The van der Waals surface area contributed by atoms with Crippen LogP contribution < -0.4 is 4.90 Å². The fourth-order valence-corrected chi connectivity index (χ4v) is 3.70. The number of hydrogen-bond acceptors (Lipinski definition) is 6. The molecule has 3 aromatic rings. The quantitative estimate of drug-likeness (QED) is 0.452. The Morgan fingerprint density at radius 1 is 1.12 bits per heavy atom. The van der Waals surface area contributed by atoms with Crippen molar-refractivity contribution in [3.8, 4) is 6.07 Å². The van der Waals surface area contributed by atoms with E-state index in [9.17, 15) is 14.9 Å². The number of hydrogen-bond donors (Lipinski definition) is 0. The number of esters is 1. The van der Waals surface area contributed by atoms with Gasteiger partial charge in [-0.2, -0.15) is 5.26 Å². The molecule has 2 heterocycles. The molecule has 0 fully saturated rings. The predicted molar refractivity (Wildman–Crippen MR) is 121 cm³/mol. The molecule has 0 bridgehead atoms. The number of nitriles is 1. The molecule has 6 heteroatoms. The van der Waals surface area contributed by atoms with E-state index in [0.717, 1.165) is 17.6 Å². The van der Waals surface area contributed by atoms with E-state index in [1.54, 1.807) is 41.4 Å². The summed E-state index contributed by atoms with van der Waals surface area (Å²) in [6.45, 7) is 0. The van der Waals surface area contributed by atoms with Gasteiger partial charge in [-0.25, -0.2) is 4.79 Å². The van der Waals surface area contributed by atoms with Crippen molar-refractivity contribution in [2.75, 3.05) is 12.0 Å². The van der Waals surface area contributed by atoms with Crippen molar-refractivity contribution in [3.05, 3.63) is 108 Å².